The number of benzene rings is 2. The zero-order valence-corrected chi connectivity index (χ0v) is 11.9. The summed E-state index contributed by atoms with van der Waals surface area (Å²) in [5.74, 6) is -0.526. The standard InChI is InChI=1S/C17H16FNO3/c18-15-8-6-13(7-9-15)10-16(20)11-19-17(21)22-12-14-4-2-1-3-5-14/h1-9H,10-12H2,(H,19,21). The van der Waals surface area contributed by atoms with Gasteiger partial charge >= 0.3 is 6.09 Å². The maximum absolute atomic E-state index is 12.7. The number of ether oxygens (including phenoxy) is 1. The van der Waals surface area contributed by atoms with E-state index in [9.17, 15) is 14.0 Å². The summed E-state index contributed by atoms with van der Waals surface area (Å²) >= 11 is 0. The number of hydrogen-bond acceptors (Lipinski definition) is 3. The number of Topliss-reactive ketones (excluding diaryl/α,β-unsaturated/α-hetero) is 1. The predicted molar refractivity (Wildman–Crippen MR) is 79.7 cm³/mol. The number of hydrogen-bond donors (Lipinski definition) is 1. The van der Waals surface area contributed by atoms with Gasteiger partial charge in [0, 0.05) is 6.42 Å². The lowest BCUT2D eigenvalue weighted by Gasteiger charge is -2.07. The van der Waals surface area contributed by atoms with Crippen LogP contribution in [0.15, 0.2) is 54.6 Å². The minimum atomic E-state index is -0.642. The molecular weight excluding hydrogens is 285 g/mol. The molecule has 0 atom stereocenters. The SMILES string of the molecule is O=C(CNC(=O)OCc1ccccc1)Cc1ccc(F)cc1. The average molecular weight is 301 g/mol. The van der Waals surface area contributed by atoms with Gasteiger partial charge in [0.2, 0.25) is 0 Å². The molecule has 0 fully saturated rings. The van der Waals surface area contributed by atoms with Crippen molar-refractivity contribution in [1.82, 2.24) is 5.32 Å². The molecule has 0 bridgehead atoms. The van der Waals surface area contributed by atoms with Crippen molar-refractivity contribution in [1.29, 1.82) is 0 Å². The number of rotatable bonds is 6. The number of carbonyl (C=O) groups is 2. The van der Waals surface area contributed by atoms with Gasteiger partial charge in [-0.2, -0.15) is 0 Å². The third kappa shape index (κ3) is 5.36. The molecular formula is C17H16FNO3. The Hall–Kier alpha value is -2.69. The lowest BCUT2D eigenvalue weighted by atomic mass is 10.1. The van der Waals surface area contributed by atoms with Crippen molar-refractivity contribution < 1.29 is 18.7 Å². The number of ketones is 1. The Balaban J connectivity index is 1.69. The van der Waals surface area contributed by atoms with Crippen LogP contribution in [0.25, 0.3) is 0 Å². The molecule has 22 heavy (non-hydrogen) atoms. The van der Waals surface area contributed by atoms with Gasteiger partial charge in [-0.1, -0.05) is 42.5 Å². The maximum atomic E-state index is 12.7. The average Bonchev–Trinajstić information content (AvgIpc) is 2.54. The van der Waals surface area contributed by atoms with E-state index in [0.29, 0.717) is 5.56 Å². The van der Waals surface area contributed by atoms with E-state index in [1.54, 1.807) is 12.1 Å². The number of nitrogens with one attached hydrogen (secondary N) is 1. The number of halogens is 1. The molecule has 0 aliphatic carbocycles. The second kappa shape index (κ2) is 7.93. The summed E-state index contributed by atoms with van der Waals surface area (Å²) in [5, 5.41) is 2.40. The highest BCUT2D eigenvalue weighted by Gasteiger charge is 2.08. The molecule has 5 heteroatoms. The zero-order valence-electron chi connectivity index (χ0n) is 11.9. The molecule has 2 aromatic rings. The van der Waals surface area contributed by atoms with Gasteiger partial charge in [-0.25, -0.2) is 9.18 Å². The first kappa shape index (κ1) is 15.7. The van der Waals surface area contributed by atoms with Gasteiger partial charge in [-0.15, -0.1) is 0 Å². The molecule has 0 radical (unpaired) electrons. The van der Waals surface area contributed by atoms with Crippen molar-refractivity contribution in [3.8, 4) is 0 Å². The van der Waals surface area contributed by atoms with Crippen molar-refractivity contribution in [3.63, 3.8) is 0 Å². The van der Waals surface area contributed by atoms with Crippen LogP contribution in [-0.4, -0.2) is 18.4 Å². The van der Waals surface area contributed by atoms with E-state index in [0.717, 1.165) is 5.56 Å². The molecule has 0 saturated heterocycles. The van der Waals surface area contributed by atoms with Gasteiger partial charge < -0.3 is 10.1 Å². The molecule has 1 amide bonds. The van der Waals surface area contributed by atoms with Gasteiger partial charge in [-0.05, 0) is 23.3 Å². The van der Waals surface area contributed by atoms with Crippen LogP contribution in [-0.2, 0) is 22.6 Å². The number of carbonyl (C=O) groups excluding carboxylic acids is 2. The first-order valence-electron chi connectivity index (χ1n) is 6.84. The normalized spacial score (nSPS) is 10.0. The summed E-state index contributed by atoms with van der Waals surface area (Å²) in [6.45, 7) is 0.0316. The van der Waals surface area contributed by atoms with Crippen LogP contribution in [0.3, 0.4) is 0 Å². The second-order valence-electron chi connectivity index (χ2n) is 4.76. The van der Waals surface area contributed by atoms with Crippen molar-refractivity contribution in [2.24, 2.45) is 0 Å². The topological polar surface area (TPSA) is 55.4 Å². The summed E-state index contributed by atoms with van der Waals surface area (Å²) < 4.78 is 17.7. The summed E-state index contributed by atoms with van der Waals surface area (Å²) in [7, 11) is 0. The summed E-state index contributed by atoms with van der Waals surface area (Å²) in [5.41, 5.74) is 1.57. The molecule has 0 aliphatic rings. The molecule has 0 heterocycles. The lowest BCUT2D eigenvalue weighted by molar-refractivity contribution is -0.117. The fourth-order valence-electron chi connectivity index (χ4n) is 1.84. The first-order chi connectivity index (χ1) is 10.6. The van der Waals surface area contributed by atoms with Gasteiger partial charge in [0.15, 0.2) is 5.78 Å². The Bertz CT molecular complexity index is 626. The second-order valence-corrected chi connectivity index (χ2v) is 4.76. The smallest absolute Gasteiger partial charge is 0.407 e. The Kier molecular flexibility index (Phi) is 5.65. The van der Waals surface area contributed by atoms with Crippen LogP contribution < -0.4 is 5.32 Å². The molecule has 0 aliphatic heterocycles. The first-order valence-corrected chi connectivity index (χ1v) is 6.84. The van der Waals surface area contributed by atoms with E-state index in [1.165, 1.54) is 12.1 Å². The van der Waals surface area contributed by atoms with Crippen molar-refractivity contribution in [3.05, 3.63) is 71.5 Å². The van der Waals surface area contributed by atoms with Crippen LogP contribution >= 0.6 is 0 Å². The lowest BCUT2D eigenvalue weighted by Crippen LogP contribution is -2.30. The Morgan fingerprint density at radius 1 is 0.955 bits per heavy atom. The molecule has 1 N–H and O–H groups in total. The maximum Gasteiger partial charge on any atom is 0.407 e. The molecule has 4 nitrogen and oxygen atoms in total. The van der Waals surface area contributed by atoms with Gasteiger partial charge in [0.25, 0.3) is 0 Å². The molecule has 0 saturated carbocycles. The molecule has 114 valence electrons. The zero-order chi connectivity index (χ0) is 15.8. The van der Waals surface area contributed by atoms with E-state index in [-0.39, 0.29) is 31.2 Å². The van der Waals surface area contributed by atoms with Crippen LogP contribution in [0.4, 0.5) is 9.18 Å². The predicted octanol–water partition coefficient (Wildman–Crippen LogP) is 2.86. The van der Waals surface area contributed by atoms with E-state index in [2.05, 4.69) is 5.32 Å². The number of amides is 1. The fourth-order valence-corrected chi connectivity index (χ4v) is 1.84. The molecule has 0 spiro atoms. The highest BCUT2D eigenvalue weighted by Crippen LogP contribution is 2.04. The monoisotopic (exact) mass is 301 g/mol. The third-order valence-corrected chi connectivity index (χ3v) is 2.96. The summed E-state index contributed by atoms with van der Waals surface area (Å²) in [6, 6.07) is 14.9. The van der Waals surface area contributed by atoms with Gasteiger partial charge in [0.1, 0.15) is 12.4 Å². The quantitative estimate of drug-likeness (QED) is 0.892. The highest BCUT2D eigenvalue weighted by molar-refractivity contribution is 5.85. The minimum absolute atomic E-state index is 0.120. The van der Waals surface area contributed by atoms with Gasteiger partial charge in [0.05, 0.1) is 6.54 Å². The van der Waals surface area contributed by atoms with E-state index < -0.39 is 6.09 Å². The Morgan fingerprint density at radius 2 is 1.64 bits per heavy atom. The highest BCUT2D eigenvalue weighted by atomic mass is 19.1. The minimum Gasteiger partial charge on any atom is -0.445 e. The fraction of sp³-hybridized carbons (Fsp3) is 0.176. The molecule has 0 aromatic heterocycles. The summed E-state index contributed by atoms with van der Waals surface area (Å²) in [4.78, 5) is 23.2. The molecule has 2 aromatic carbocycles. The number of alkyl carbamates (subject to hydrolysis) is 1. The Labute approximate surface area is 127 Å². The van der Waals surface area contributed by atoms with E-state index in [4.69, 9.17) is 4.74 Å². The van der Waals surface area contributed by atoms with Crippen molar-refractivity contribution in [2.75, 3.05) is 6.54 Å². The molecule has 2 rings (SSSR count). The van der Waals surface area contributed by atoms with Gasteiger partial charge in [-0.3, -0.25) is 4.79 Å². The van der Waals surface area contributed by atoms with E-state index in [1.807, 2.05) is 30.3 Å². The largest absolute Gasteiger partial charge is 0.445 e. The Morgan fingerprint density at radius 3 is 2.32 bits per heavy atom. The van der Waals surface area contributed by atoms with Crippen LogP contribution in [0.5, 0.6) is 0 Å². The van der Waals surface area contributed by atoms with Crippen molar-refractivity contribution >= 4 is 11.9 Å². The van der Waals surface area contributed by atoms with E-state index >= 15 is 0 Å². The third-order valence-electron chi connectivity index (χ3n) is 2.96. The molecule has 0 unspecified atom stereocenters. The van der Waals surface area contributed by atoms with Crippen LogP contribution in [0.1, 0.15) is 11.1 Å². The van der Waals surface area contributed by atoms with Crippen LogP contribution in [0, 0.1) is 5.82 Å². The summed E-state index contributed by atoms with van der Waals surface area (Å²) in [6.07, 6.45) is -0.504. The van der Waals surface area contributed by atoms with Crippen LogP contribution in [0.2, 0.25) is 0 Å². The van der Waals surface area contributed by atoms with Crippen molar-refractivity contribution in [2.45, 2.75) is 13.0 Å².